The molecule has 1 fully saturated rings. The van der Waals surface area contributed by atoms with E-state index >= 15 is 0 Å². The monoisotopic (exact) mass is 185 g/mol. The van der Waals surface area contributed by atoms with Crippen LogP contribution >= 0.6 is 0 Å². The highest BCUT2D eigenvalue weighted by atomic mass is 15.2. The number of nitrogens with two attached hydrogens (primary N) is 1. The van der Waals surface area contributed by atoms with Gasteiger partial charge in [0.25, 0.3) is 0 Å². The van der Waals surface area contributed by atoms with Gasteiger partial charge in [-0.3, -0.25) is 0 Å². The van der Waals surface area contributed by atoms with Gasteiger partial charge in [0, 0.05) is 19.1 Å². The zero-order valence-electron chi connectivity index (χ0n) is 9.16. The van der Waals surface area contributed by atoms with Gasteiger partial charge in [0.2, 0.25) is 0 Å². The molecule has 1 heterocycles. The van der Waals surface area contributed by atoms with Crippen LogP contribution in [-0.4, -0.2) is 56.1 Å². The van der Waals surface area contributed by atoms with Crippen molar-refractivity contribution in [2.45, 2.75) is 19.4 Å². The molecule has 0 bridgehead atoms. The Labute approximate surface area is 81.9 Å². The largest absolute Gasteiger partial charge is 0.330 e. The van der Waals surface area contributed by atoms with Gasteiger partial charge >= 0.3 is 0 Å². The van der Waals surface area contributed by atoms with E-state index in [1.165, 1.54) is 19.6 Å². The van der Waals surface area contributed by atoms with Gasteiger partial charge in [-0.15, -0.1) is 0 Å². The van der Waals surface area contributed by atoms with Crippen molar-refractivity contribution in [1.29, 1.82) is 0 Å². The molecule has 2 unspecified atom stereocenters. The molecule has 1 aliphatic rings. The normalized spacial score (nSPS) is 30.2. The lowest BCUT2D eigenvalue weighted by Gasteiger charge is -2.22. The third kappa shape index (κ3) is 2.93. The van der Waals surface area contributed by atoms with Crippen LogP contribution in [-0.2, 0) is 0 Å². The summed E-state index contributed by atoms with van der Waals surface area (Å²) in [6.07, 6.45) is 1.13. The van der Waals surface area contributed by atoms with E-state index in [2.05, 4.69) is 30.8 Å². The molecule has 0 aromatic rings. The van der Waals surface area contributed by atoms with E-state index in [0.717, 1.165) is 24.9 Å². The number of likely N-dealkylation sites (tertiary alicyclic amines) is 1. The third-order valence-electron chi connectivity index (χ3n) is 2.99. The maximum atomic E-state index is 5.50. The first-order valence-corrected chi connectivity index (χ1v) is 5.24. The van der Waals surface area contributed by atoms with Gasteiger partial charge in [-0.1, -0.05) is 6.92 Å². The molecule has 2 N–H and O–H groups in total. The molecule has 0 spiro atoms. The Kier molecular flexibility index (Phi) is 4.16. The summed E-state index contributed by atoms with van der Waals surface area (Å²) in [7, 11) is 4.35. The lowest BCUT2D eigenvalue weighted by atomic mass is 10.1. The van der Waals surface area contributed by atoms with E-state index in [9.17, 15) is 0 Å². The summed E-state index contributed by atoms with van der Waals surface area (Å²) in [6, 6.07) is 0.734. The number of likely N-dealkylation sites (N-methyl/N-ethyl adjacent to an activating group) is 1. The third-order valence-corrected chi connectivity index (χ3v) is 2.99. The maximum absolute atomic E-state index is 5.50. The summed E-state index contributed by atoms with van der Waals surface area (Å²) < 4.78 is 0. The molecule has 13 heavy (non-hydrogen) atoms. The van der Waals surface area contributed by atoms with Crippen LogP contribution in [0.4, 0.5) is 0 Å². The second-order valence-corrected chi connectivity index (χ2v) is 4.41. The van der Waals surface area contributed by atoms with Crippen molar-refractivity contribution in [2.24, 2.45) is 11.7 Å². The number of hydrogen-bond acceptors (Lipinski definition) is 3. The molecule has 3 heteroatoms. The SMILES string of the molecule is CC1CN(CCCN)CC1N(C)C. The molecule has 0 saturated carbocycles. The molecule has 1 rings (SSSR count). The number of hydrogen-bond donors (Lipinski definition) is 1. The average Bonchev–Trinajstić information content (AvgIpc) is 2.43. The average molecular weight is 185 g/mol. The quantitative estimate of drug-likeness (QED) is 0.680. The van der Waals surface area contributed by atoms with Gasteiger partial charge in [0.15, 0.2) is 0 Å². The summed E-state index contributed by atoms with van der Waals surface area (Å²) in [6.45, 7) is 6.78. The Morgan fingerprint density at radius 3 is 2.54 bits per heavy atom. The fourth-order valence-corrected chi connectivity index (χ4v) is 2.22. The molecule has 0 radical (unpaired) electrons. The van der Waals surface area contributed by atoms with Crippen LogP contribution in [0.25, 0.3) is 0 Å². The van der Waals surface area contributed by atoms with Gasteiger partial charge in [-0.05, 0) is 39.5 Å². The van der Waals surface area contributed by atoms with E-state index in [4.69, 9.17) is 5.73 Å². The fraction of sp³-hybridized carbons (Fsp3) is 1.00. The molecule has 3 nitrogen and oxygen atoms in total. The van der Waals surface area contributed by atoms with Crippen molar-refractivity contribution in [2.75, 3.05) is 40.3 Å². The van der Waals surface area contributed by atoms with E-state index < -0.39 is 0 Å². The first-order chi connectivity index (χ1) is 6.15. The van der Waals surface area contributed by atoms with Gasteiger partial charge in [-0.25, -0.2) is 0 Å². The van der Waals surface area contributed by atoms with Crippen LogP contribution in [0.3, 0.4) is 0 Å². The molecule has 0 aromatic heterocycles. The Morgan fingerprint density at radius 1 is 1.38 bits per heavy atom. The van der Waals surface area contributed by atoms with Crippen LogP contribution < -0.4 is 5.73 Å². The number of nitrogens with zero attached hydrogens (tertiary/aromatic N) is 2. The Hall–Kier alpha value is -0.120. The molecule has 1 aliphatic heterocycles. The topological polar surface area (TPSA) is 32.5 Å². The van der Waals surface area contributed by atoms with Crippen molar-refractivity contribution >= 4 is 0 Å². The summed E-state index contributed by atoms with van der Waals surface area (Å²) in [5.41, 5.74) is 5.50. The van der Waals surface area contributed by atoms with Crippen molar-refractivity contribution in [1.82, 2.24) is 9.80 Å². The highest BCUT2D eigenvalue weighted by Gasteiger charge is 2.30. The second kappa shape index (κ2) is 4.94. The van der Waals surface area contributed by atoms with Gasteiger partial charge in [0.1, 0.15) is 0 Å². The summed E-state index contributed by atoms with van der Waals surface area (Å²) in [4.78, 5) is 4.87. The minimum absolute atomic E-state index is 0.734. The highest BCUT2D eigenvalue weighted by molar-refractivity contribution is 4.86. The van der Waals surface area contributed by atoms with E-state index in [0.29, 0.717) is 0 Å². The van der Waals surface area contributed by atoms with Gasteiger partial charge in [0.05, 0.1) is 0 Å². The molecule has 0 aliphatic carbocycles. The van der Waals surface area contributed by atoms with E-state index in [1.54, 1.807) is 0 Å². The van der Waals surface area contributed by atoms with Crippen molar-refractivity contribution < 1.29 is 0 Å². The molecular formula is C10H23N3. The first kappa shape index (κ1) is 11.0. The Morgan fingerprint density at radius 2 is 2.08 bits per heavy atom. The lowest BCUT2D eigenvalue weighted by Crippen LogP contribution is -2.34. The minimum Gasteiger partial charge on any atom is -0.330 e. The van der Waals surface area contributed by atoms with Crippen LogP contribution in [0.1, 0.15) is 13.3 Å². The molecule has 78 valence electrons. The summed E-state index contributed by atoms with van der Waals surface area (Å²) in [5.74, 6) is 0.799. The van der Waals surface area contributed by atoms with Gasteiger partial charge in [-0.2, -0.15) is 0 Å². The minimum atomic E-state index is 0.734. The van der Waals surface area contributed by atoms with Crippen LogP contribution in [0.15, 0.2) is 0 Å². The fourth-order valence-electron chi connectivity index (χ4n) is 2.22. The van der Waals surface area contributed by atoms with Crippen LogP contribution in [0.5, 0.6) is 0 Å². The van der Waals surface area contributed by atoms with Crippen LogP contribution in [0, 0.1) is 5.92 Å². The predicted octanol–water partition coefficient (Wildman–Crippen LogP) is 0.217. The zero-order chi connectivity index (χ0) is 9.84. The molecular weight excluding hydrogens is 162 g/mol. The zero-order valence-corrected chi connectivity index (χ0v) is 9.16. The second-order valence-electron chi connectivity index (χ2n) is 4.41. The standard InChI is InChI=1S/C10H23N3/c1-9-7-13(6-4-5-11)8-10(9)12(2)3/h9-10H,4-8,11H2,1-3H3. The van der Waals surface area contributed by atoms with Crippen molar-refractivity contribution in [3.63, 3.8) is 0 Å². The van der Waals surface area contributed by atoms with Gasteiger partial charge < -0.3 is 15.5 Å². The molecule has 0 amide bonds. The smallest absolute Gasteiger partial charge is 0.0254 e. The molecule has 1 saturated heterocycles. The number of rotatable bonds is 4. The maximum Gasteiger partial charge on any atom is 0.0254 e. The van der Waals surface area contributed by atoms with Crippen LogP contribution in [0.2, 0.25) is 0 Å². The van der Waals surface area contributed by atoms with E-state index in [1.807, 2.05) is 0 Å². The highest BCUT2D eigenvalue weighted by Crippen LogP contribution is 2.19. The molecule has 2 atom stereocenters. The van der Waals surface area contributed by atoms with Crippen molar-refractivity contribution in [3.8, 4) is 0 Å². The Balaban J connectivity index is 2.32. The predicted molar refractivity (Wildman–Crippen MR) is 56.8 cm³/mol. The van der Waals surface area contributed by atoms with E-state index in [-0.39, 0.29) is 0 Å². The lowest BCUT2D eigenvalue weighted by molar-refractivity contribution is 0.252. The molecule has 0 aromatic carbocycles. The van der Waals surface area contributed by atoms with Crippen molar-refractivity contribution in [3.05, 3.63) is 0 Å². The Bertz CT molecular complexity index is 147. The summed E-state index contributed by atoms with van der Waals surface area (Å²) in [5, 5.41) is 0. The summed E-state index contributed by atoms with van der Waals surface area (Å²) >= 11 is 0. The first-order valence-electron chi connectivity index (χ1n) is 5.24.